The van der Waals surface area contributed by atoms with Gasteiger partial charge in [-0.05, 0) is 24.3 Å². The number of para-hydroxylation sites is 2. The number of anilines is 2. The van der Waals surface area contributed by atoms with Gasteiger partial charge < -0.3 is 15.5 Å². The molecule has 0 aromatic heterocycles. The standard InChI is InChI=1S/C19H17F3N4O2/c1-26(11-17(27)24-15-8-4-2-6-13(15)10-23)12-18(28)25-16-9-5-3-7-14(16)19(20,21)22/h2-9H,11-12H2,1H3,(H,24,27)(H,25,28)/p+1. The monoisotopic (exact) mass is 391 g/mol. The van der Waals surface area contributed by atoms with Crippen molar-refractivity contribution in [2.75, 3.05) is 30.8 Å². The van der Waals surface area contributed by atoms with Gasteiger partial charge in [0.1, 0.15) is 6.07 Å². The summed E-state index contributed by atoms with van der Waals surface area (Å²) in [7, 11) is 1.56. The normalized spacial score (nSPS) is 12.0. The lowest BCUT2D eigenvalue weighted by atomic mass is 10.1. The van der Waals surface area contributed by atoms with Gasteiger partial charge in [0.15, 0.2) is 13.1 Å². The molecule has 28 heavy (non-hydrogen) atoms. The molecule has 0 aliphatic carbocycles. The van der Waals surface area contributed by atoms with Crippen LogP contribution in [0.1, 0.15) is 11.1 Å². The van der Waals surface area contributed by atoms with Crippen molar-refractivity contribution in [3.8, 4) is 6.07 Å². The Morgan fingerprint density at radius 2 is 1.46 bits per heavy atom. The molecular formula is C19H18F3N4O2+. The highest BCUT2D eigenvalue weighted by Gasteiger charge is 2.33. The summed E-state index contributed by atoms with van der Waals surface area (Å²) in [6, 6.07) is 13.1. The third kappa shape index (κ3) is 5.82. The van der Waals surface area contributed by atoms with E-state index in [0.29, 0.717) is 16.2 Å². The van der Waals surface area contributed by atoms with E-state index >= 15 is 0 Å². The second-order valence-electron chi connectivity index (χ2n) is 6.11. The zero-order valence-electron chi connectivity index (χ0n) is 14.9. The maximum absolute atomic E-state index is 13.0. The minimum absolute atomic E-state index is 0.103. The van der Waals surface area contributed by atoms with Gasteiger partial charge in [-0.3, -0.25) is 9.59 Å². The summed E-state index contributed by atoms with van der Waals surface area (Å²) in [5.74, 6) is -1.08. The molecule has 2 aromatic carbocycles. The van der Waals surface area contributed by atoms with E-state index < -0.39 is 23.6 Å². The van der Waals surface area contributed by atoms with E-state index in [4.69, 9.17) is 5.26 Å². The number of quaternary nitrogens is 1. The Kier molecular flexibility index (Phi) is 6.74. The van der Waals surface area contributed by atoms with Gasteiger partial charge in [-0.1, -0.05) is 24.3 Å². The summed E-state index contributed by atoms with van der Waals surface area (Å²) in [5, 5.41) is 13.8. The minimum Gasteiger partial charge on any atom is -0.322 e. The third-order valence-electron chi connectivity index (χ3n) is 3.75. The number of nitriles is 1. The minimum atomic E-state index is -4.59. The van der Waals surface area contributed by atoms with Gasteiger partial charge in [-0.25, -0.2) is 0 Å². The van der Waals surface area contributed by atoms with Gasteiger partial charge in [0, 0.05) is 0 Å². The van der Waals surface area contributed by atoms with Crippen molar-refractivity contribution >= 4 is 23.2 Å². The number of hydrogen-bond donors (Lipinski definition) is 3. The fourth-order valence-electron chi connectivity index (χ4n) is 2.53. The third-order valence-corrected chi connectivity index (χ3v) is 3.75. The molecule has 2 amide bonds. The molecule has 1 atom stereocenters. The van der Waals surface area contributed by atoms with E-state index in [0.717, 1.165) is 6.07 Å². The molecule has 0 radical (unpaired) electrons. The molecular weight excluding hydrogens is 373 g/mol. The number of alkyl halides is 3. The molecule has 0 saturated heterocycles. The van der Waals surface area contributed by atoms with Gasteiger partial charge >= 0.3 is 6.18 Å². The van der Waals surface area contributed by atoms with E-state index in [9.17, 15) is 22.8 Å². The van der Waals surface area contributed by atoms with Crippen LogP contribution in [0.25, 0.3) is 0 Å². The molecule has 3 N–H and O–H groups in total. The summed E-state index contributed by atoms with van der Waals surface area (Å²) < 4.78 is 38.9. The van der Waals surface area contributed by atoms with E-state index in [-0.39, 0.29) is 18.8 Å². The summed E-state index contributed by atoms with van der Waals surface area (Å²) in [4.78, 5) is 24.6. The topological polar surface area (TPSA) is 86.4 Å². The largest absolute Gasteiger partial charge is 0.418 e. The highest BCUT2D eigenvalue weighted by atomic mass is 19.4. The first kappa shape index (κ1) is 20.9. The molecule has 2 aromatic rings. The molecule has 0 heterocycles. The van der Waals surface area contributed by atoms with Crippen molar-refractivity contribution < 1.29 is 27.7 Å². The molecule has 2 rings (SSSR count). The Morgan fingerprint density at radius 1 is 0.964 bits per heavy atom. The molecule has 0 spiro atoms. The highest BCUT2D eigenvalue weighted by molar-refractivity contribution is 5.94. The molecule has 0 bridgehead atoms. The summed E-state index contributed by atoms with van der Waals surface area (Å²) in [5.41, 5.74) is -0.617. The van der Waals surface area contributed by atoms with Crippen LogP contribution in [0.5, 0.6) is 0 Å². The highest BCUT2D eigenvalue weighted by Crippen LogP contribution is 2.34. The molecule has 0 fully saturated rings. The number of nitrogens with zero attached hydrogens (tertiary/aromatic N) is 1. The maximum atomic E-state index is 13.0. The smallest absolute Gasteiger partial charge is 0.322 e. The van der Waals surface area contributed by atoms with Crippen LogP contribution in [-0.4, -0.2) is 32.0 Å². The molecule has 0 aliphatic rings. The van der Waals surface area contributed by atoms with E-state index in [2.05, 4.69) is 10.6 Å². The first-order chi connectivity index (χ1) is 13.2. The van der Waals surface area contributed by atoms with E-state index in [1.165, 1.54) is 18.2 Å². The Hall–Kier alpha value is -3.38. The van der Waals surface area contributed by atoms with Crippen LogP contribution in [0.4, 0.5) is 24.5 Å². The zero-order valence-corrected chi connectivity index (χ0v) is 14.9. The lowest BCUT2D eigenvalue weighted by molar-refractivity contribution is -0.862. The predicted molar refractivity (Wildman–Crippen MR) is 96.5 cm³/mol. The van der Waals surface area contributed by atoms with Crippen molar-refractivity contribution in [3.05, 3.63) is 59.7 Å². The SMILES string of the molecule is C[NH+](CC(=O)Nc1ccccc1C#N)CC(=O)Nc1ccccc1C(F)(F)F. The van der Waals surface area contributed by atoms with Crippen molar-refractivity contribution in [2.24, 2.45) is 0 Å². The first-order valence-corrected chi connectivity index (χ1v) is 8.27. The maximum Gasteiger partial charge on any atom is 0.418 e. The number of nitrogens with one attached hydrogen (secondary N) is 3. The second-order valence-corrected chi connectivity index (χ2v) is 6.11. The fourth-order valence-corrected chi connectivity index (χ4v) is 2.53. The van der Waals surface area contributed by atoms with E-state index in [1.54, 1.807) is 31.3 Å². The number of carbonyl (C=O) groups is 2. The van der Waals surface area contributed by atoms with Crippen LogP contribution < -0.4 is 15.5 Å². The number of hydrogen-bond acceptors (Lipinski definition) is 3. The first-order valence-electron chi connectivity index (χ1n) is 8.27. The number of benzene rings is 2. The average molecular weight is 391 g/mol. The lowest BCUT2D eigenvalue weighted by Gasteiger charge is -2.16. The Morgan fingerprint density at radius 3 is 2.04 bits per heavy atom. The number of carbonyl (C=O) groups excluding carboxylic acids is 2. The van der Waals surface area contributed by atoms with Gasteiger partial charge in [0.25, 0.3) is 11.8 Å². The number of amides is 2. The van der Waals surface area contributed by atoms with Crippen molar-refractivity contribution in [2.45, 2.75) is 6.18 Å². The summed E-state index contributed by atoms with van der Waals surface area (Å²) in [6.07, 6.45) is -4.59. The van der Waals surface area contributed by atoms with Gasteiger partial charge in [-0.2, -0.15) is 18.4 Å². The zero-order chi connectivity index (χ0) is 20.7. The number of rotatable bonds is 6. The Balaban J connectivity index is 1.93. The molecule has 1 unspecified atom stereocenters. The molecule has 6 nitrogen and oxygen atoms in total. The second kappa shape index (κ2) is 9.01. The van der Waals surface area contributed by atoms with Gasteiger partial charge in [-0.15, -0.1) is 0 Å². The molecule has 146 valence electrons. The van der Waals surface area contributed by atoms with Crippen LogP contribution in [0, 0.1) is 11.3 Å². The Bertz CT molecular complexity index is 907. The van der Waals surface area contributed by atoms with E-state index in [1.807, 2.05) is 6.07 Å². The number of likely N-dealkylation sites (N-methyl/N-ethyl adjacent to an activating group) is 1. The average Bonchev–Trinajstić information content (AvgIpc) is 2.61. The summed E-state index contributed by atoms with van der Waals surface area (Å²) in [6.45, 7) is -0.312. The van der Waals surface area contributed by atoms with Gasteiger partial charge in [0.2, 0.25) is 0 Å². The number of halogens is 3. The predicted octanol–water partition coefficient (Wildman–Crippen LogP) is 1.67. The molecule has 0 aliphatic heterocycles. The van der Waals surface area contributed by atoms with Gasteiger partial charge in [0.05, 0.1) is 29.5 Å². The summed E-state index contributed by atoms with van der Waals surface area (Å²) >= 11 is 0. The van der Waals surface area contributed by atoms with Crippen LogP contribution in [0.15, 0.2) is 48.5 Å². The van der Waals surface area contributed by atoms with Crippen LogP contribution in [0.2, 0.25) is 0 Å². The molecule has 9 heteroatoms. The molecule has 0 saturated carbocycles. The van der Waals surface area contributed by atoms with Crippen molar-refractivity contribution in [1.29, 1.82) is 5.26 Å². The fraction of sp³-hybridized carbons (Fsp3) is 0.211. The van der Waals surface area contributed by atoms with Crippen molar-refractivity contribution in [1.82, 2.24) is 0 Å². The van der Waals surface area contributed by atoms with Crippen LogP contribution >= 0.6 is 0 Å². The van der Waals surface area contributed by atoms with Crippen molar-refractivity contribution in [3.63, 3.8) is 0 Å². The van der Waals surface area contributed by atoms with Crippen LogP contribution in [-0.2, 0) is 15.8 Å². The lowest BCUT2D eigenvalue weighted by Crippen LogP contribution is -3.11. The van der Waals surface area contributed by atoms with Crippen LogP contribution in [0.3, 0.4) is 0 Å². The Labute approximate surface area is 159 Å². The quantitative estimate of drug-likeness (QED) is 0.700.